The Bertz CT molecular complexity index is 1070. The number of halogens is 3. The molecule has 0 saturated carbocycles. The largest absolute Gasteiger partial charge is 0.416 e. The molecule has 1 aromatic heterocycles. The summed E-state index contributed by atoms with van der Waals surface area (Å²) < 4.78 is 44.3. The minimum absolute atomic E-state index is 0.122. The van der Waals surface area contributed by atoms with Crippen molar-refractivity contribution < 1.29 is 22.7 Å². The van der Waals surface area contributed by atoms with Crippen LogP contribution < -0.4 is 5.32 Å². The maximum absolute atomic E-state index is 13.0. The number of nitrogens with zero attached hydrogens (tertiary/aromatic N) is 1. The number of rotatable bonds is 6. The van der Waals surface area contributed by atoms with Gasteiger partial charge in [0, 0.05) is 36.2 Å². The summed E-state index contributed by atoms with van der Waals surface area (Å²) in [5.41, 5.74) is 2.96. The molecule has 0 bridgehead atoms. The molecule has 0 spiro atoms. The number of aryl methyl sites for hydroxylation is 1. The van der Waals surface area contributed by atoms with Crippen LogP contribution in [0.3, 0.4) is 0 Å². The molecule has 1 saturated heterocycles. The second-order valence-electron chi connectivity index (χ2n) is 8.04. The summed E-state index contributed by atoms with van der Waals surface area (Å²) in [4.78, 5) is 18.2. The number of ether oxygens (including phenoxy) is 1. The van der Waals surface area contributed by atoms with E-state index in [1.807, 2.05) is 31.2 Å². The molecule has 1 fully saturated rings. The van der Waals surface area contributed by atoms with Crippen molar-refractivity contribution in [1.82, 2.24) is 15.2 Å². The zero-order chi connectivity index (χ0) is 22.7. The van der Waals surface area contributed by atoms with Gasteiger partial charge < -0.3 is 15.0 Å². The molecule has 1 amide bonds. The van der Waals surface area contributed by atoms with Crippen LogP contribution in [0.15, 0.2) is 48.5 Å². The molecule has 2 aromatic carbocycles. The molecule has 1 aliphatic heterocycles. The summed E-state index contributed by atoms with van der Waals surface area (Å²) >= 11 is 0. The molecule has 0 aliphatic carbocycles. The smallest absolute Gasteiger partial charge is 0.379 e. The van der Waals surface area contributed by atoms with Crippen LogP contribution in [0.2, 0.25) is 0 Å². The van der Waals surface area contributed by atoms with Crippen molar-refractivity contribution in [2.24, 2.45) is 0 Å². The zero-order valence-corrected chi connectivity index (χ0v) is 17.8. The molecular formula is C24H26F3N3O2. The predicted octanol–water partition coefficient (Wildman–Crippen LogP) is 4.23. The number of aromatic nitrogens is 1. The van der Waals surface area contributed by atoms with Crippen LogP contribution in [0, 0.1) is 6.92 Å². The molecule has 8 heteroatoms. The van der Waals surface area contributed by atoms with Crippen molar-refractivity contribution in [2.45, 2.75) is 25.6 Å². The number of alkyl halides is 3. The SMILES string of the molecule is Cc1[nH]c2ccccc2c1CC(=O)NCC(c1ccc(C(F)(F)F)cc1)N1CCOCC1. The number of nitrogens with one attached hydrogen (secondary N) is 2. The molecule has 32 heavy (non-hydrogen) atoms. The summed E-state index contributed by atoms with van der Waals surface area (Å²) in [7, 11) is 0. The third kappa shape index (κ3) is 4.97. The molecule has 3 aromatic rings. The van der Waals surface area contributed by atoms with E-state index < -0.39 is 11.7 Å². The molecule has 4 rings (SSSR count). The van der Waals surface area contributed by atoms with Crippen molar-refractivity contribution in [1.29, 1.82) is 0 Å². The number of amides is 1. The molecule has 5 nitrogen and oxygen atoms in total. The molecule has 1 atom stereocenters. The first-order chi connectivity index (χ1) is 15.3. The highest BCUT2D eigenvalue weighted by Gasteiger charge is 2.31. The molecule has 0 radical (unpaired) electrons. The van der Waals surface area contributed by atoms with Gasteiger partial charge in [-0.1, -0.05) is 30.3 Å². The van der Waals surface area contributed by atoms with Gasteiger partial charge in [-0.25, -0.2) is 0 Å². The molecular weight excluding hydrogens is 419 g/mol. The van der Waals surface area contributed by atoms with Gasteiger partial charge in [0.15, 0.2) is 0 Å². The lowest BCUT2D eigenvalue weighted by atomic mass is 10.0. The fourth-order valence-corrected chi connectivity index (χ4v) is 4.24. The summed E-state index contributed by atoms with van der Waals surface area (Å²) in [5, 5.41) is 4.02. The first-order valence-corrected chi connectivity index (χ1v) is 10.6. The lowest BCUT2D eigenvalue weighted by Gasteiger charge is -2.35. The molecule has 170 valence electrons. The van der Waals surface area contributed by atoms with Crippen molar-refractivity contribution in [2.75, 3.05) is 32.8 Å². The fourth-order valence-electron chi connectivity index (χ4n) is 4.24. The van der Waals surface area contributed by atoms with Gasteiger partial charge in [0.2, 0.25) is 5.91 Å². The minimum Gasteiger partial charge on any atom is -0.379 e. The third-order valence-electron chi connectivity index (χ3n) is 5.97. The predicted molar refractivity (Wildman–Crippen MR) is 116 cm³/mol. The van der Waals surface area contributed by atoms with E-state index in [1.54, 1.807) is 0 Å². The van der Waals surface area contributed by atoms with Crippen molar-refractivity contribution >= 4 is 16.8 Å². The minimum atomic E-state index is -4.38. The van der Waals surface area contributed by atoms with Gasteiger partial charge in [-0.2, -0.15) is 13.2 Å². The van der Waals surface area contributed by atoms with E-state index in [1.165, 1.54) is 12.1 Å². The number of aromatic amines is 1. The van der Waals surface area contributed by atoms with Gasteiger partial charge in [0.05, 0.1) is 31.2 Å². The summed E-state index contributed by atoms with van der Waals surface area (Å²) in [6.07, 6.45) is -4.14. The highest BCUT2D eigenvalue weighted by Crippen LogP contribution is 2.31. The number of hydrogen-bond acceptors (Lipinski definition) is 3. The topological polar surface area (TPSA) is 57.4 Å². The van der Waals surface area contributed by atoms with Crippen LogP contribution in [-0.2, 0) is 22.1 Å². The van der Waals surface area contributed by atoms with Gasteiger partial charge in [0.1, 0.15) is 0 Å². The van der Waals surface area contributed by atoms with Gasteiger partial charge in [-0.05, 0) is 36.2 Å². The van der Waals surface area contributed by atoms with E-state index in [9.17, 15) is 18.0 Å². The second-order valence-corrected chi connectivity index (χ2v) is 8.04. The Balaban J connectivity index is 1.48. The van der Waals surface area contributed by atoms with Gasteiger partial charge in [-0.3, -0.25) is 9.69 Å². The molecule has 2 heterocycles. The summed E-state index contributed by atoms with van der Waals surface area (Å²) in [5.74, 6) is -0.122. The van der Waals surface area contributed by atoms with Gasteiger partial charge in [0.25, 0.3) is 0 Å². The zero-order valence-electron chi connectivity index (χ0n) is 17.8. The average molecular weight is 445 g/mol. The van der Waals surface area contributed by atoms with Crippen molar-refractivity contribution in [3.63, 3.8) is 0 Å². The van der Waals surface area contributed by atoms with Crippen LogP contribution in [0.4, 0.5) is 13.2 Å². The monoisotopic (exact) mass is 445 g/mol. The maximum atomic E-state index is 13.0. The number of benzene rings is 2. The van der Waals surface area contributed by atoms with E-state index in [-0.39, 0.29) is 18.4 Å². The number of para-hydroxylation sites is 1. The Labute approximate surface area is 184 Å². The maximum Gasteiger partial charge on any atom is 0.416 e. The quantitative estimate of drug-likeness (QED) is 0.597. The molecule has 1 unspecified atom stereocenters. The standard InChI is InChI=1S/C24H26F3N3O2/c1-16-20(19-4-2-3-5-21(19)29-16)14-23(31)28-15-22(30-10-12-32-13-11-30)17-6-8-18(9-7-17)24(25,26)27/h2-9,22,29H,10-15H2,1H3,(H,28,31). The average Bonchev–Trinajstić information content (AvgIpc) is 3.09. The fraction of sp³-hybridized carbons (Fsp3) is 0.375. The Hall–Kier alpha value is -2.84. The van der Waals surface area contributed by atoms with Crippen LogP contribution >= 0.6 is 0 Å². The lowest BCUT2D eigenvalue weighted by Crippen LogP contribution is -2.44. The van der Waals surface area contributed by atoms with E-state index in [0.29, 0.717) is 32.8 Å². The van der Waals surface area contributed by atoms with E-state index in [2.05, 4.69) is 15.2 Å². The van der Waals surface area contributed by atoms with Gasteiger partial charge in [-0.15, -0.1) is 0 Å². The van der Waals surface area contributed by atoms with E-state index in [4.69, 9.17) is 4.74 Å². The highest BCUT2D eigenvalue weighted by atomic mass is 19.4. The van der Waals surface area contributed by atoms with Crippen LogP contribution in [0.1, 0.15) is 28.4 Å². The normalized spacial score (nSPS) is 16.2. The highest BCUT2D eigenvalue weighted by molar-refractivity contribution is 5.90. The second kappa shape index (κ2) is 9.34. The number of fused-ring (bicyclic) bond motifs is 1. The Morgan fingerprint density at radius 1 is 1.12 bits per heavy atom. The van der Waals surface area contributed by atoms with E-state index >= 15 is 0 Å². The number of hydrogen-bond donors (Lipinski definition) is 2. The van der Waals surface area contributed by atoms with Crippen molar-refractivity contribution in [3.05, 3.63) is 70.9 Å². The van der Waals surface area contributed by atoms with Crippen LogP contribution in [-0.4, -0.2) is 48.6 Å². The first kappa shape index (κ1) is 22.4. The van der Waals surface area contributed by atoms with Crippen LogP contribution in [0.5, 0.6) is 0 Å². The third-order valence-corrected chi connectivity index (χ3v) is 5.97. The Morgan fingerprint density at radius 3 is 2.50 bits per heavy atom. The summed E-state index contributed by atoms with van der Waals surface area (Å²) in [6, 6.07) is 12.8. The summed E-state index contributed by atoms with van der Waals surface area (Å²) in [6.45, 7) is 4.68. The number of carbonyl (C=O) groups excluding carboxylic acids is 1. The van der Waals surface area contributed by atoms with E-state index in [0.717, 1.165) is 39.9 Å². The number of carbonyl (C=O) groups is 1. The lowest BCUT2D eigenvalue weighted by molar-refractivity contribution is -0.137. The van der Waals surface area contributed by atoms with Crippen LogP contribution in [0.25, 0.3) is 10.9 Å². The van der Waals surface area contributed by atoms with Crippen molar-refractivity contribution in [3.8, 4) is 0 Å². The van der Waals surface area contributed by atoms with Gasteiger partial charge >= 0.3 is 6.18 Å². The number of H-pyrrole nitrogens is 1. The molecule has 2 N–H and O–H groups in total. The molecule has 1 aliphatic rings. The first-order valence-electron chi connectivity index (χ1n) is 10.6. The Morgan fingerprint density at radius 2 is 1.81 bits per heavy atom. The number of morpholine rings is 1. The Kier molecular flexibility index (Phi) is 6.53.